The summed E-state index contributed by atoms with van der Waals surface area (Å²) in [4.78, 5) is 2.29. The summed E-state index contributed by atoms with van der Waals surface area (Å²) in [6.07, 6.45) is 1.19. The minimum Gasteiger partial charge on any atom is -0.300 e. The fourth-order valence-corrected chi connectivity index (χ4v) is 0.944. The molecule has 0 spiro atoms. The molecule has 0 amide bonds. The summed E-state index contributed by atoms with van der Waals surface area (Å²) >= 11 is 5.78. The van der Waals surface area contributed by atoms with Crippen molar-refractivity contribution in [2.45, 2.75) is 32.7 Å². The molecule has 0 aliphatic rings. The van der Waals surface area contributed by atoms with Crippen LogP contribution in [-0.2, 0) is 0 Å². The van der Waals surface area contributed by atoms with Gasteiger partial charge in [-0.1, -0.05) is 6.92 Å². The third kappa shape index (κ3) is 2.89. The van der Waals surface area contributed by atoms with E-state index in [1.54, 1.807) is 0 Å². The highest BCUT2D eigenvalue weighted by atomic mass is 35.5. The molecule has 2 heteroatoms. The Morgan fingerprint density at radius 1 is 1.40 bits per heavy atom. The maximum atomic E-state index is 5.78. The second-order valence-electron chi connectivity index (χ2n) is 3.37. The van der Waals surface area contributed by atoms with Crippen molar-refractivity contribution in [3.05, 3.63) is 0 Å². The van der Waals surface area contributed by atoms with E-state index in [0.717, 1.165) is 6.54 Å². The first-order valence-electron chi connectivity index (χ1n) is 3.81. The molecule has 1 nitrogen and oxygen atoms in total. The molecule has 0 unspecified atom stereocenters. The van der Waals surface area contributed by atoms with E-state index in [-0.39, 0.29) is 5.54 Å². The highest BCUT2D eigenvalue weighted by Crippen LogP contribution is 2.13. The van der Waals surface area contributed by atoms with Crippen LogP contribution < -0.4 is 0 Å². The Morgan fingerprint density at radius 3 is 2.20 bits per heavy atom. The summed E-state index contributed by atoms with van der Waals surface area (Å²) in [6, 6.07) is 0. The predicted octanol–water partition coefficient (Wildman–Crippen LogP) is 2.35. The molecule has 0 aromatic heterocycles. The summed E-state index contributed by atoms with van der Waals surface area (Å²) in [7, 11) is 2.12. The molecule has 0 fully saturated rings. The lowest BCUT2D eigenvalue weighted by Gasteiger charge is -2.33. The summed E-state index contributed by atoms with van der Waals surface area (Å²) in [5, 5.41) is 0. The second kappa shape index (κ2) is 4.20. The third-order valence-corrected chi connectivity index (χ3v) is 2.57. The zero-order valence-corrected chi connectivity index (χ0v) is 8.20. The van der Waals surface area contributed by atoms with Crippen LogP contribution in [0.3, 0.4) is 0 Å². The molecule has 0 bridgehead atoms. The Kier molecular flexibility index (Phi) is 4.30. The molecular formula is C8H18ClN. The Bertz CT molecular complexity index is 91.3. The first-order valence-corrected chi connectivity index (χ1v) is 4.35. The maximum absolute atomic E-state index is 5.78. The van der Waals surface area contributed by atoms with Gasteiger partial charge in [-0.2, -0.15) is 0 Å². The molecule has 0 aliphatic heterocycles. The molecule has 10 heavy (non-hydrogen) atoms. The zero-order chi connectivity index (χ0) is 8.20. The lowest BCUT2D eigenvalue weighted by molar-refractivity contribution is 0.179. The standard InChI is InChI=1S/C8H18ClN/c1-5-6-10(4)8(2,3)7-9/h5-7H2,1-4H3. The fraction of sp³-hybridized carbons (Fsp3) is 1.00. The van der Waals surface area contributed by atoms with Crippen LogP contribution in [-0.4, -0.2) is 29.9 Å². The van der Waals surface area contributed by atoms with Gasteiger partial charge in [-0.25, -0.2) is 0 Å². The predicted molar refractivity (Wildman–Crippen MR) is 47.7 cm³/mol. The second-order valence-corrected chi connectivity index (χ2v) is 3.63. The number of rotatable bonds is 4. The molecule has 0 aromatic rings. The largest absolute Gasteiger partial charge is 0.300 e. The van der Waals surface area contributed by atoms with Gasteiger partial charge in [-0.05, 0) is 33.9 Å². The van der Waals surface area contributed by atoms with Gasteiger partial charge in [-0.3, -0.25) is 0 Å². The molecular weight excluding hydrogens is 146 g/mol. The van der Waals surface area contributed by atoms with Crippen molar-refractivity contribution >= 4 is 11.6 Å². The highest BCUT2D eigenvalue weighted by Gasteiger charge is 2.20. The zero-order valence-electron chi connectivity index (χ0n) is 7.45. The highest BCUT2D eigenvalue weighted by molar-refractivity contribution is 6.18. The van der Waals surface area contributed by atoms with Gasteiger partial charge >= 0.3 is 0 Å². The van der Waals surface area contributed by atoms with E-state index < -0.39 is 0 Å². The fourth-order valence-electron chi connectivity index (χ4n) is 0.740. The summed E-state index contributed by atoms with van der Waals surface area (Å²) in [5.74, 6) is 0.698. The van der Waals surface area contributed by atoms with E-state index in [1.807, 2.05) is 0 Å². The van der Waals surface area contributed by atoms with Gasteiger partial charge < -0.3 is 4.90 Å². The molecule has 0 radical (unpaired) electrons. The van der Waals surface area contributed by atoms with Crippen LogP contribution in [0.15, 0.2) is 0 Å². The van der Waals surface area contributed by atoms with E-state index in [0.29, 0.717) is 5.88 Å². The normalized spacial score (nSPS) is 12.6. The van der Waals surface area contributed by atoms with E-state index in [2.05, 4.69) is 32.7 Å². The van der Waals surface area contributed by atoms with E-state index in [4.69, 9.17) is 11.6 Å². The van der Waals surface area contributed by atoms with Crippen LogP contribution in [0.2, 0.25) is 0 Å². The van der Waals surface area contributed by atoms with Crippen molar-refractivity contribution in [1.82, 2.24) is 4.90 Å². The van der Waals surface area contributed by atoms with Crippen LogP contribution in [0, 0.1) is 0 Å². The molecule has 0 aliphatic carbocycles. The van der Waals surface area contributed by atoms with Crippen LogP contribution >= 0.6 is 11.6 Å². The first-order chi connectivity index (χ1) is 4.54. The number of hydrogen-bond donors (Lipinski definition) is 0. The molecule has 0 heterocycles. The van der Waals surface area contributed by atoms with Gasteiger partial charge in [0.05, 0.1) is 0 Å². The number of nitrogens with zero attached hydrogens (tertiary/aromatic N) is 1. The molecule has 0 N–H and O–H groups in total. The van der Waals surface area contributed by atoms with Crippen molar-refractivity contribution < 1.29 is 0 Å². The van der Waals surface area contributed by atoms with Gasteiger partial charge in [0.15, 0.2) is 0 Å². The van der Waals surface area contributed by atoms with Crippen molar-refractivity contribution in [3.8, 4) is 0 Å². The lowest BCUT2D eigenvalue weighted by Crippen LogP contribution is -2.42. The summed E-state index contributed by atoms with van der Waals surface area (Å²) < 4.78 is 0. The van der Waals surface area contributed by atoms with E-state index in [9.17, 15) is 0 Å². The van der Waals surface area contributed by atoms with Crippen molar-refractivity contribution in [2.75, 3.05) is 19.5 Å². The summed E-state index contributed by atoms with van der Waals surface area (Å²) in [6.45, 7) is 7.63. The van der Waals surface area contributed by atoms with Gasteiger partial charge in [0.1, 0.15) is 0 Å². The topological polar surface area (TPSA) is 3.24 Å². The minimum absolute atomic E-state index is 0.150. The number of halogens is 1. The van der Waals surface area contributed by atoms with Crippen molar-refractivity contribution in [1.29, 1.82) is 0 Å². The molecule has 0 saturated carbocycles. The quantitative estimate of drug-likeness (QED) is 0.576. The third-order valence-electron chi connectivity index (χ3n) is 1.92. The SMILES string of the molecule is CCCN(C)C(C)(C)CCl. The molecule has 0 rings (SSSR count). The first kappa shape index (κ1) is 10.2. The monoisotopic (exact) mass is 163 g/mol. The van der Waals surface area contributed by atoms with E-state index in [1.165, 1.54) is 6.42 Å². The minimum atomic E-state index is 0.150. The molecule has 0 atom stereocenters. The van der Waals surface area contributed by atoms with Crippen molar-refractivity contribution in [2.24, 2.45) is 0 Å². The Morgan fingerprint density at radius 2 is 1.90 bits per heavy atom. The van der Waals surface area contributed by atoms with E-state index >= 15 is 0 Å². The average Bonchev–Trinajstić information content (AvgIpc) is 1.89. The van der Waals surface area contributed by atoms with Gasteiger partial charge in [-0.15, -0.1) is 11.6 Å². The Hall–Kier alpha value is 0.250. The van der Waals surface area contributed by atoms with Gasteiger partial charge in [0.2, 0.25) is 0 Å². The van der Waals surface area contributed by atoms with Crippen LogP contribution in [0.5, 0.6) is 0 Å². The maximum Gasteiger partial charge on any atom is 0.0402 e. The number of alkyl halides is 1. The smallest absolute Gasteiger partial charge is 0.0402 e. The van der Waals surface area contributed by atoms with Gasteiger partial charge in [0, 0.05) is 11.4 Å². The van der Waals surface area contributed by atoms with Crippen molar-refractivity contribution in [3.63, 3.8) is 0 Å². The Labute approximate surface area is 69.4 Å². The Balaban J connectivity index is 3.78. The lowest BCUT2D eigenvalue weighted by atomic mass is 10.1. The summed E-state index contributed by atoms with van der Waals surface area (Å²) in [5.41, 5.74) is 0.150. The van der Waals surface area contributed by atoms with Gasteiger partial charge in [0.25, 0.3) is 0 Å². The molecule has 62 valence electrons. The number of hydrogen-bond acceptors (Lipinski definition) is 1. The van der Waals surface area contributed by atoms with Crippen LogP contribution in [0.4, 0.5) is 0 Å². The van der Waals surface area contributed by atoms with Crippen LogP contribution in [0.1, 0.15) is 27.2 Å². The molecule has 0 saturated heterocycles. The molecule has 0 aromatic carbocycles. The average molecular weight is 164 g/mol. The van der Waals surface area contributed by atoms with Crippen LogP contribution in [0.25, 0.3) is 0 Å².